The van der Waals surface area contributed by atoms with Crippen molar-refractivity contribution in [2.75, 3.05) is 11.4 Å². The molecule has 13 nitrogen and oxygen atoms in total. The highest BCUT2D eigenvalue weighted by Gasteiger charge is 2.29. The van der Waals surface area contributed by atoms with Crippen LogP contribution in [0.25, 0.3) is 0 Å². The first-order valence-electron chi connectivity index (χ1n) is 14.8. The fourth-order valence-corrected chi connectivity index (χ4v) is 6.51. The summed E-state index contributed by atoms with van der Waals surface area (Å²) in [7, 11) is 0. The van der Waals surface area contributed by atoms with Gasteiger partial charge in [-0.2, -0.15) is 0 Å². The Labute approximate surface area is 257 Å². The number of hydrogen-bond donors (Lipinski definition) is 5. The highest BCUT2D eigenvalue weighted by molar-refractivity contribution is 6.01. The van der Waals surface area contributed by atoms with E-state index in [1.807, 2.05) is 42.2 Å². The molecule has 228 valence electrons. The van der Waals surface area contributed by atoms with Crippen LogP contribution in [0.5, 0.6) is 0 Å². The molecule has 7 rings (SSSR count). The van der Waals surface area contributed by atoms with Crippen molar-refractivity contribution >= 4 is 23.3 Å². The van der Waals surface area contributed by atoms with Gasteiger partial charge in [0.2, 0.25) is 10.9 Å². The molecule has 0 spiro atoms. The van der Waals surface area contributed by atoms with Crippen LogP contribution in [0.4, 0.5) is 5.69 Å². The van der Waals surface area contributed by atoms with Gasteiger partial charge in [-0.15, -0.1) is 10.6 Å². The van der Waals surface area contributed by atoms with Crippen LogP contribution in [-0.4, -0.2) is 34.2 Å². The second-order valence-corrected chi connectivity index (χ2v) is 11.6. The van der Waals surface area contributed by atoms with E-state index in [0.717, 1.165) is 47.1 Å². The summed E-state index contributed by atoms with van der Waals surface area (Å²) >= 11 is 0. The molecule has 3 aromatic carbocycles. The maximum absolute atomic E-state index is 13.2. The molecule has 1 aliphatic carbocycles. The van der Waals surface area contributed by atoms with Gasteiger partial charge in [0.05, 0.1) is 11.7 Å². The van der Waals surface area contributed by atoms with Crippen molar-refractivity contribution in [2.24, 2.45) is 5.10 Å². The number of nitrogens with one attached hydrogen (secondary N) is 5. The lowest BCUT2D eigenvalue weighted by molar-refractivity contribution is 0.0931. The molecule has 4 aromatic rings. The minimum absolute atomic E-state index is 0.0919. The SMILES string of the molecule is Cc1c(C2=NNNN2)ccc2c1CCC2NC(=O)c1cc(C(=O)NCc2ccc3c(c2)CN(c2c(C)c(=O)c2=O)CC3)ncn1. The van der Waals surface area contributed by atoms with E-state index in [2.05, 4.69) is 42.2 Å². The number of carbonyl (C=O) groups excluding carboxylic acids is 2. The molecule has 45 heavy (non-hydrogen) atoms. The van der Waals surface area contributed by atoms with E-state index >= 15 is 0 Å². The number of nitrogens with zero attached hydrogens (tertiary/aromatic N) is 4. The second kappa shape index (κ2) is 11.2. The topological polar surface area (TPSA) is 170 Å². The molecule has 1 aromatic heterocycles. The molecular formula is C32H31N9O4. The molecule has 3 heterocycles. The smallest absolute Gasteiger partial charge is 0.270 e. The molecule has 0 saturated heterocycles. The highest BCUT2D eigenvalue weighted by Crippen LogP contribution is 2.35. The number of rotatable bonds is 7. The zero-order valence-corrected chi connectivity index (χ0v) is 24.8. The number of hydrogen-bond acceptors (Lipinski definition) is 11. The van der Waals surface area contributed by atoms with Gasteiger partial charge in [0.25, 0.3) is 11.8 Å². The molecule has 5 N–H and O–H groups in total. The Morgan fingerprint density at radius 3 is 2.56 bits per heavy atom. The van der Waals surface area contributed by atoms with Crippen LogP contribution < -0.4 is 42.9 Å². The van der Waals surface area contributed by atoms with E-state index in [-0.39, 0.29) is 29.9 Å². The second-order valence-electron chi connectivity index (χ2n) is 11.6. The molecule has 13 heteroatoms. The van der Waals surface area contributed by atoms with Gasteiger partial charge >= 0.3 is 0 Å². The fourth-order valence-electron chi connectivity index (χ4n) is 6.51. The number of amidine groups is 1. The number of benzene rings is 2. The molecule has 1 atom stereocenters. The Kier molecular flexibility index (Phi) is 7.09. The number of carbonyl (C=O) groups is 2. The van der Waals surface area contributed by atoms with Gasteiger partial charge in [0.1, 0.15) is 17.7 Å². The third-order valence-electron chi connectivity index (χ3n) is 8.96. The normalized spacial score (nSPS) is 16.8. The zero-order valence-electron chi connectivity index (χ0n) is 24.8. The minimum atomic E-state index is -0.424. The van der Waals surface area contributed by atoms with Crippen LogP contribution in [0.3, 0.4) is 0 Å². The molecule has 2 amide bonds. The number of hydrazine groups is 2. The lowest BCUT2D eigenvalue weighted by atomic mass is 9.95. The Balaban J connectivity index is 0.989. The van der Waals surface area contributed by atoms with Crippen molar-refractivity contribution in [3.05, 3.63) is 119 Å². The number of hydrazone groups is 1. The third kappa shape index (κ3) is 5.10. The van der Waals surface area contributed by atoms with E-state index in [1.165, 1.54) is 23.5 Å². The van der Waals surface area contributed by atoms with Crippen LogP contribution >= 0.6 is 0 Å². The first kappa shape index (κ1) is 28.3. The Hall–Kier alpha value is -5.43. The predicted molar refractivity (Wildman–Crippen MR) is 166 cm³/mol. The van der Waals surface area contributed by atoms with Crippen LogP contribution in [0.1, 0.15) is 77.9 Å². The summed E-state index contributed by atoms with van der Waals surface area (Å²) in [4.78, 5) is 60.2. The summed E-state index contributed by atoms with van der Waals surface area (Å²) in [5, 5.41) is 10.1. The Morgan fingerprint density at radius 2 is 1.78 bits per heavy atom. The quantitative estimate of drug-likeness (QED) is 0.191. The van der Waals surface area contributed by atoms with E-state index in [1.54, 1.807) is 6.92 Å². The summed E-state index contributed by atoms with van der Waals surface area (Å²) in [6.07, 6.45) is 3.56. The van der Waals surface area contributed by atoms with Crippen LogP contribution in [-0.2, 0) is 25.9 Å². The van der Waals surface area contributed by atoms with Crippen LogP contribution in [0, 0.1) is 13.8 Å². The maximum atomic E-state index is 13.2. The van der Waals surface area contributed by atoms with Crippen molar-refractivity contribution < 1.29 is 9.59 Å². The summed E-state index contributed by atoms with van der Waals surface area (Å²) in [6.45, 7) is 5.20. The lowest BCUT2D eigenvalue weighted by Crippen LogP contribution is -2.44. The minimum Gasteiger partial charge on any atom is -0.363 e. The van der Waals surface area contributed by atoms with Crippen molar-refractivity contribution in [3.8, 4) is 0 Å². The molecule has 0 bridgehead atoms. The number of anilines is 1. The number of aromatic nitrogens is 2. The van der Waals surface area contributed by atoms with Crippen molar-refractivity contribution in [1.29, 1.82) is 0 Å². The average Bonchev–Trinajstić information content (AvgIpc) is 3.75. The Morgan fingerprint density at radius 1 is 0.956 bits per heavy atom. The first-order valence-corrected chi connectivity index (χ1v) is 14.8. The fraction of sp³-hybridized carbons (Fsp3) is 0.281. The molecule has 0 radical (unpaired) electrons. The molecule has 0 saturated carbocycles. The summed E-state index contributed by atoms with van der Waals surface area (Å²) in [5.41, 5.74) is 16.3. The van der Waals surface area contributed by atoms with Crippen molar-refractivity contribution in [1.82, 2.24) is 37.1 Å². The summed E-state index contributed by atoms with van der Waals surface area (Å²) in [5.74, 6) is -0.0920. The predicted octanol–water partition coefficient (Wildman–Crippen LogP) is 0.873. The van der Waals surface area contributed by atoms with Crippen LogP contribution in [0.15, 0.2) is 57.4 Å². The van der Waals surface area contributed by atoms with Gasteiger partial charge in [-0.3, -0.25) is 24.6 Å². The van der Waals surface area contributed by atoms with E-state index in [9.17, 15) is 19.2 Å². The van der Waals surface area contributed by atoms with Gasteiger partial charge in [-0.05, 0) is 66.5 Å². The van der Waals surface area contributed by atoms with Crippen molar-refractivity contribution in [2.45, 2.75) is 52.2 Å². The Bertz CT molecular complexity index is 1980. The number of fused-ring (bicyclic) bond motifs is 2. The summed E-state index contributed by atoms with van der Waals surface area (Å²) in [6, 6.07) is 11.2. The molecule has 1 unspecified atom stereocenters. The van der Waals surface area contributed by atoms with Gasteiger partial charge in [-0.1, -0.05) is 30.3 Å². The molecule has 2 aliphatic heterocycles. The van der Waals surface area contributed by atoms with Gasteiger partial charge < -0.3 is 15.5 Å². The monoisotopic (exact) mass is 605 g/mol. The number of amides is 2. The molecule has 0 fully saturated rings. The standard InChI is InChI=1S/C32H31N9O4/c1-16-21-7-8-24(23(21)6-5-22(16)30-37-39-40-38-30)36-32(45)26-12-25(34-15-35-26)31(44)33-13-18-3-4-19-9-10-41(14-20(19)11-18)27-17(2)28(42)29(27)43/h3-6,11-12,15,24,39-40H,7-10,13-14H2,1-2H3,(H,33,44)(H,36,45)(H,37,38). The lowest BCUT2D eigenvalue weighted by Gasteiger charge is -2.32. The third-order valence-corrected chi connectivity index (χ3v) is 8.96. The molecular weight excluding hydrogens is 574 g/mol. The van der Waals surface area contributed by atoms with Crippen LogP contribution in [0.2, 0.25) is 0 Å². The van der Waals surface area contributed by atoms with Gasteiger partial charge in [-0.25, -0.2) is 15.5 Å². The largest absolute Gasteiger partial charge is 0.363 e. The first-order chi connectivity index (χ1) is 21.8. The van der Waals surface area contributed by atoms with E-state index in [0.29, 0.717) is 30.2 Å². The highest BCUT2D eigenvalue weighted by atomic mass is 16.2. The summed E-state index contributed by atoms with van der Waals surface area (Å²) < 4.78 is 0. The van der Waals surface area contributed by atoms with Gasteiger partial charge in [0, 0.05) is 36.8 Å². The van der Waals surface area contributed by atoms with E-state index in [4.69, 9.17) is 0 Å². The van der Waals surface area contributed by atoms with Crippen molar-refractivity contribution in [3.63, 3.8) is 0 Å². The van der Waals surface area contributed by atoms with E-state index < -0.39 is 16.8 Å². The molecule has 3 aliphatic rings. The zero-order chi connectivity index (χ0) is 31.2. The maximum Gasteiger partial charge on any atom is 0.270 e. The van der Waals surface area contributed by atoms with Gasteiger partial charge in [0.15, 0.2) is 5.84 Å². The average molecular weight is 606 g/mol.